The summed E-state index contributed by atoms with van der Waals surface area (Å²) in [6, 6.07) is 6.01. The van der Waals surface area contributed by atoms with Crippen molar-refractivity contribution in [1.82, 2.24) is 9.21 Å². The fraction of sp³-hybridized carbons (Fsp3) is 0.533. The van der Waals surface area contributed by atoms with Gasteiger partial charge in [0.1, 0.15) is 0 Å². The lowest BCUT2D eigenvalue weighted by atomic mass is 10.2. The average Bonchev–Trinajstić information content (AvgIpc) is 2.47. The molecule has 0 bridgehead atoms. The lowest BCUT2D eigenvalue weighted by molar-refractivity contribution is 0.0773. The number of carbonyl (C=O) groups excluding carboxylic acids is 1. The predicted octanol–water partition coefficient (Wildman–Crippen LogP) is 2.20. The molecule has 1 aromatic rings. The highest BCUT2D eigenvalue weighted by atomic mass is 32.2. The Labute approximate surface area is 127 Å². The van der Waals surface area contributed by atoms with Crippen LogP contribution in [0.3, 0.4) is 0 Å². The van der Waals surface area contributed by atoms with E-state index in [9.17, 15) is 13.2 Å². The van der Waals surface area contributed by atoms with Crippen LogP contribution in [0.15, 0.2) is 29.2 Å². The maximum absolute atomic E-state index is 12.3. The minimum atomic E-state index is -3.50. The van der Waals surface area contributed by atoms with Gasteiger partial charge in [-0.1, -0.05) is 0 Å². The molecule has 1 rings (SSSR count). The van der Waals surface area contributed by atoms with Crippen LogP contribution in [0.25, 0.3) is 0 Å². The number of amides is 1. The van der Waals surface area contributed by atoms with E-state index in [4.69, 9.17) is 0 Å². The van der Waals surface area contributed by atoms with Crippen LogP contribution in [-0.4, -0.2) is 49.7 Å². The van der Waals surface area contributed by atoms with E-state index >= 15 is 0 Å². The molecule has 0 atom stereocenters. The third-order valence-corrected chi connectivity index (χ3v) is 5.60. The Morgan fingerprint density at radius 1 is 1.10 bits per heavy atom. The Balaban J connectivity index is 3.06. The van der Waals surface area contributed by atoms with E-state index in [1.54, 1.807) is 24.1 Å². The zero-order valence-electron chi connectivity index (χ0n) is 13.3. The summed E-state index contributed by atoms with van der Waals surface area (Å²) in [6.45, 7) is 8.72. The Bertz CT molecular complexity index is 575. The fourth-order valence-corrected chi connectivity index (χ4v) is 3.27. The maximum Gasteiger partial charge on any atom is 0.253 e. The van der Waals surface area contributed by atoms with Crippen LogP contribution in [-0.2, 0) is 10.0 Å². The normalized spacial score (nSPS) is 12.0. The van der Waals surface area contributed by atoms with Gasteiger partial charge in [0, 0.05) is 31.7 Å². The Morgan fingerprint density at radius 3 is 1.95 bits per heavy atom. The summed E-state index contributed by atoms with van der Waals surface area (Å²) >= 11 is 0. The van der Waals surface area contributed by atoms with Crippen molar-refractivity contribution in [3.05, 3.63) is 29.8 Å². The van der Waals surface area contributed by atoms with Gasteiger partial charge in [0.15, 0.2) is 0 Å². The topological polar surface area (TPSA) is 57.7 Å². The first-order chi connectivity index (χ1) is 9.75. The Morgan fingerprint density at radius 2 is 1.57 bits per heavy atom. The van der Waals surface area contributed by atoms with Crippen LogP contribution in [0.1, 0.15) is 38.1 Å². The Kier molecular flexibility index (Phi) is 5.92. The van der Waals surface area contributed by atoms with Gasteiger partial charge in [0.2, 0.25) is 10.0 Å². The number of hydrogen-bond donors (Lipinski definition) is 0. The average molecular weight is 312 g/mol. The first-order valence-corrected chi connectivity index (χ1v) is 8.57. The van der Waals surface area contributed by atoms with Crippen molar-refractivity contribution in [1.29, 1.82) is 0 Å². The largest absolute Gasteiger partial charge is 0.339 e. The Hall–Kier alpha value is -1.40. The molecule has 0 fully saturated rings. The van der Waals surface area contributed by atoms with E-state index in [0.29, 0.717) is 18.7 Å². The van der Waals surface area contributed by atoms with Crippen LogP contribution in [0, 0.1) is 0 Å². The molecule has 0 saturated carbocycles. The molecular formula is C15H24N2O3S. The summed E-state index contributed by atoms with van der Waals surface area (Å²) in [6.07, 6.45) is 0. The standard InChI is InChI=1S/C15H24N2O3S/c1-6-17(7-2)15(18)13-8-10-14(11-9-13)21(19,20)16(5)12(3)4/h8-12H,6-7H2,1-5H3. The molecule has 1 amide bonds. The summed E-state index contributed by atoms with van der Waals surface area (Å²) in [5.74, 6) is -0.0823. The molecule has 1 aromatic carbocycles. The molecule has 5 nitrogen and oxygen atoms in total. The van der Waals surface area contributed by atoms with E-state index < -0.39 is 10.0 Å². The van der Waals surface area contributed by atoms with Gasteiger partial charge in [-0.3, -0.25) is 4.79 Å². The number of hydrogen-bond acceptors (Lipinski definition) is 3. The maximum atomic E-state index is 12.3. The van der Waals surface area contributed by atoms with Crippen molar-refractivity contribution in [2.24, 2.45) is 0 Å². The van der Waals surface area contributed by atoms with Crippen LogP contribution in [0.4, 0.5) is 0 Å². The fourth-order valence-electron chi connectivity index (χ4n) is 1.91. The molecule has 0 heterocycles. The molecule has 0 radical (unpaired) electrons. The summed E-state index contributed by atoms with van der Waals surface area (Å²) < 4.78 is 26.0. The number of rotatable bonds is 6. The van der Waals surface area contributed by atoms with Gasteiger partial charge in [0.05, 0.1) is 4.90 Å². The number of sulfonamides is 1. The first kappa shape index (κ1) is 17.7. The summed E-state index contributed by atoms with van der Waals surface area (Å²) in [5.41, 5.74) is 0.504. The second-order valence-electron chi connectivity index (χ2n) is 5.12. The highest BCUT2D eigenvalue weighted by Crippen LogP contribution is 2.17. The van der Waals surface area contributed by atoms with E-state index in [0.717, 1.165) is 0 Å². The molecule has 0 aliphatic rings. The van der Waals surface area contributed by atoms with Crippen molar-refractivity contribution >= 4 is 15.9 Å². The van der Waals surface area contributed by atoms with Crippen molar-refractivity contribution < 1.29 is 13.2 Å². The number of carbonyl (C=O) groups is 1. The quantitative estimate of drug-likeness (QED) is 0.809. The third-order valence-electron chi connectivity index (χ3n) is 3.56. The molecule has 0 aliphatic heterocycles. The summed E-state index contributed by atoms with van der Waals surface area (Å²) in [7, 11) is -1.95. The molecule has 0 unspecified atom stereocenters. The van der Waals surface area contributed by atoms with Crippen molar-refractivity contribution in [3.63, 3.8) is 0 Å². The van der Waals surface area contributed by atoms with Crippen LogP contribution < -0.4 is 0 Å². The molecule has 0 saturated heterocycles. The lowest BCUT2D eigenvalue weighted by Gasteiger charge is -2.21. The van der Waals surface area contributed by atoms with E-state index in [1.165, 1.54) is 16.4 Å². The first-order valence-electron chi connectivity index (χ1n) is 7.13. The van der Waals surface area contributed by atoms with Crippen molar-refractivity contribution in [2.75, 3.05) is 20.1 Å². The van der Waals surface area contributed by atoms with E-state index in [-0.39, 0.29) is 16.8 Å². The highest BCUT2D eigenvalue weighted by Gasteiger charge is 2.23. The van der Waals surface area contributed by atoms with E-state index in [1.807, 2.05) is 27.7 Å². The SMILES string of the molecule is CCN(CC)C(=O)c1ccc(S(=O)(=O)N(C)C(C)C)cc1. The van der Waals surface area contributed by atoms with Gasteiger partial charge >= 0.3 is 0 Å². The van der Waals surface area contributed by atoms with E-state index in [2.05, 4.69) is 0 Å². The molecule has 6 heteroatoms. The van der Waals surface area contributed by atoms with Crippen LogP contribution >= 0.6 is 0 Å². The van der Waals surface area contributed by atoms with Gasteiger partial charge in [-0.15, -0.1) is 0 Å². The van der Waals surface area contributed by atoms with Crippen LogP contribution in [0.5, 0.6) is 0 Å². The molecule has 0 aliphatic carbocycles. The van der Waals surface area contributed by atoms with Gasteiger partial charge in [-0.25, -0.2) is 8.42 Å². The molecule has 118 valence electrons. The monoisotopic (exact) mass is 312 g/mol. The second kappa shape index (κ2) is 7.04. The second-order valence-corrected chi connectivity index (χ2v) is 7.11. The molecular weight excluding hydrogens is 288 g/mol. The zero-order valence-corrected chi connectivity index (χ0v) is 14.1. The number of nitrogens with zero attached hydrogens (tertiary/aromatic N) is 2. The molecule has 0 N–H and O–H groups in total. The zero-order chi connectivity index (χ0) is 16.2. The minimum absolute atomic E-state index is 0.0823. The van der Waals surface area contributed by atoms with Gasteiger partial charge < -0.3 is 4.90 Å². The minimum Gasteiger partial charge on any atom is -0.339 e. The molecule has 0 aromatic heterocycles. The van der Waals surface area contributed by atoms with Gasteiger partial charge in [-0.2, -0.15) is 4.31 Å². The summed E-state index contributed by atoms with van der Waals surface area (Å²) in [5, 5.41) is 0. The third kappa shape index (κ3) is 3.83. The molecule has 0 spiro atoms. The molecule has 21 heavy (non-hydrogen) atoms. The lowest BCUT2D eigenvalue weighted by Crippen LogP contribution is -2.33. The van der Waals surface area contributed by atoms with Crippen molar-refractivity contribution in [2.45, 2.75) is 38.6 Å². The van der Waals surface area contributed by atoms with Crippen molar-refractivity contribution in [3.8, 4) is 0 Å². The number of benzene rings is 1. The predicted molar refractivity (Wildman–Crippen MR) is 83.8 cm³/mol. The van der Waals surface area contributed by atoms with Crippen LogP contribution in [0.2, 0.25) is 0 Å². The van der Waals surface area contributed by atoms with Gasteiger partial charge in [-0.05, 0) is 52.0 Å². The van der Waals surface area contributed by atoms with Gasteiger partial charge in [0.25, 0.3) is 5.91 Å². The summed E-state index contributed by atoms with van der Waals surface area (Å²) in [4.78, 5) is 14.1. The smallest absolute Gasteiger partial charge is 0.253 e. The highest BCUT2D eigenvalue weighted by molar-refractivity contribution is 7.89.